The fraction of sp³-hybridized carbons (Fsp3) is 0.474. The summed E-state index contributed by atoms with van der Waals surface area (Å²) in [6.45, 7) is 3.84. The number of amides is 1. The van der Waals surface area contributed by atoms with Gasteiger partial charge < -0.3 is 14.5 Å². The molecule has 0 unspecified atom stereocenters. The van der Waals surface area contributed by atoms with Crippen LogP contribution in [0.5, 0.6) is 0 Å². The van der Waals surface area contributed by atoms with Crippen molar-refractivity contribution in [2.24, 2.45) is 0 Å². The summed E-state index contributed by atoms with van der Waals surface area (Å²) in [4.78, 5) is 25.7. The zero-order valence-corrected chi connectivity index (χ0v) is 18.8. The van der Waals surface area contributed by atoms with Gasteiger partial charge in [-0.25, -0.2) is 19.7 Å². The molecule has 1 amide bonds. The number of anilines is 1. The van der Waals surface area contributed by atoms with Crippen LogP contribution in [0.25, 0.3) is 11.4 Å². The summed E-state index contributed by atoms with van der Waals surface area (Å²) >= 11 is 12.2. The van der Waals surface area contributed by atoms with Gasteiger partial charge in [0.2, 0.25) is 5.95 Å². The minimum atomic E-state index is -4.73. The number of halogens is 6. The summed E-state index contributed by atoms with van der Waals surface area (Å²) in [7, 11) is 0. The van der Waals surface area contributed by atoms with Gasteiger partial charge in [-0.05, 0) is 26.8 Å². The summed E-state index contributed by atoms with van der Waals surface area (Å²) in [5.74, 6) is -1.21. The number of pyridine rings is 1. The molecule has 7 nitrogen and oxygen atoms in total. The zero-order valence-electron chi connectivity index (χ0n) is 17.3. The summed E-state index contributed by atoms with van der Waals surface area (Å²) in [5, 5.41) is -0.579. The van der Waals surface area contributed by atoms with Crippen molar-refractivity contribution in [1.29, 1.82) is 0 Å². The average molecular weight is 496 g/mol. The lowest BCUT2D eigenvalue weighted by Crippen LogP contribution is -2.61. The molecule has 13 heteroatoms. The molecular formula is C19H19Cl2F4N5O2. The molecular weight excluding hydrogens is 477 g/mol. The first-order chi connectivity index (χ1) is 14.8. The number of piperazine rings is 1. The van der Waals surface area contributed by atoms with Crippen LogP contribution >= 0.6 is 23.2 Å². The van der Waals surface area contributed by atoms with Crippen molar-refractivity contribution in [3.05, 3.63) is 34.5 Å². The Hall–Kier alpha value is -2.40. The summed E-state index contributed by atoms with van der Waals surface area (Å²) in [5.41, 5.74) is -0.701. The second kappa shape index (κ2) is 8.86. The third-order valence-corrected chi connectivity index (χ3v) is 5.18. The quantitative estimate of drug-likeness (QED) is 0.332. The van der Waals surface area contributed by atoms with Crippen LogP contribution in [0, 0.1) is 5.95 Å². The van der Waals surface area contributed by atoms with Gasteiger partial charge in [0.25, 0.3) is 0 Å². The van der Waals surface area contributed by atoms with Gasteiger partial charge in [-0.2, -0.15) is 17.6 Å². The molecule has 1 saturated heterocycles. The van der Waals surface area contributed by atoms with Gasteiger partial charge in [-0.15, -0.1) is 0 Å². The van der Waals surface area contributed by atoms with Crippen LogP contribution in [0.4, 0.5) is 28.2 Å². The Labute approximate surface area is 191 Å². The average Bonchev–Trinajstić information content (AvgIpc) is 2.67. The highest BCUT2D eigenvalue weighted by atomic mass is 35.5. The van der Waals surface area contributed by atoms with E-state index in [2.05, 4.69) is 15.0 Å². The zero-order chi connectivity index (χ0) is 23.8. The predicted molar refractivity (Wildman–Crippen MR) is 110 cm³/mol. The number of nitrogens with zero attached hydrogens (tertiary/aromatic N) is 5. The van der Waals surface area contributed by atoms with E-state index in [0.29, 0.717) is 0 Å². The lowest BCUT2D eigenvalue weighted by atomic mass is 10.1. The van der Waals surface area contributed by atoms with E-state index in [1.54, 1.807) is 20.8 Å². The fourth-order valence-corrected chi connectivity index (χ4v) is 3.44. The van der Waals surface area contributed by atoms with Crippen molar-refractivity contribution in [3.63, 3.8) is 0 Å². The molecule has 0 radical (unpaired) electrons. The molecule has 32 heavy (non-hydrogen) atoms. The van der Waals surface area contributed by atoms with Gasteiger partial charge in [0.15, 0.2) is 16.8 Å². The third-order valence-electron chi connectivity index (χ3n) is 4.46. The SMILES string of the molecule is CC(C)(C)OC(=O)N1CCN(c2nc(-c3ccnc(F)c3)nc(Cl)c2Cl)[C@H](C(F)(F)F)C1. The van der Waals surface area contributed by atoms with E-state index in [0.717, 1.165) is 22.1 Å². The van der Waals surface area contributed by atoms with Crippen LogP contribution in [0.15, 0.2) is 18.3 Å². The minimum absolute atomic E-state index is 0.0708. The normalized spacial score (nSPS) is 17.5. The maximum Gasteiger partial charge on any atom is 0.410 e. The molecule has 0 spiro atoms. The first-order valence-corrected chi connectivity index (χ1v) is 10.2. The highest BCUT2D eigenvalue weighted by molar-refractivity contribution is 6.42. The first-order valence-electron chi connectivity index (χ1n) is 9.42. The fourth-order valence-electron chi connectivity index (χ4n) is 3.08. The Bertz CT molecular complexity index is 1020. The second-order valence-electron chi connectivity index (χ2n) is 8.02. The van der Waals surface area contributed by atoms with E-state index >= 15 is 0 Å². The number of hydrogen-bond acceptors (Lipinski definition) is 6. The summed E-state index contributed by atoms with van der Waals surface area (Å²) in [6, 6.07) is 0.272. The lowest BCUT2D eigenvalue weighted by molar-refractivity contribution is -0.155. The van der Waals surface area contributed by atoms with Crippen molar-refractivity contribution in [2.75, 3.05) is 24.5 Å². The molecule has 0 aliphatic carbocycles. The molecule has 0 N–H and O–H groups in total. The molecule has 1 fully saturated rings. The van der Waals surface area contributed by atoms with Crippen LogP contribution in [-0.2, 0) is 4.74 Å². The molecule has 174 valence electrons. The number of hydrogen-bond donors (Lipinski definition) is 0. The maximum atomic E-state index is 14.0. The number of alkyl halides is 3. The van der Waals surface area contributed by atoms with Gasteiger partial charge >= 0.3 is 12.3 Å². The molecule has 0 bridgehead atoms. The highest BCUT2D eigenvalue weighted by Crippen LogP contribution is 2.38. The monoisotopic (exact) mass is 495 g/mol. The van der Waals surface area contributed by atoms with Crippen molar-refractivity contribution >= 4 is 35.1 Å². The molecule has 2 aromatic heterocycles. The number of carbonyl (C=O) groups is 1. The Balaban J connectivity index is 1.98. The van der Waals surface area contributed by atoms with Crippen molar-refractivity contribution in [2.45, 2.75) is 38.6 Å². The summed E-state index contributed by atoms with van der Waals surface area (Å²) in [6.07, 6.45) is -4.43. The Morgan fingerprint density at radius 2 is 1.88 bits per heavy atom. The van der Waals surface area contributed by atoms with Crippen LogP contribution in [0.2, 0.25) is 10.2 Å². The number of aromatic nitrogens is 3. The van der Waals surface area contributed by atoms with E-state index in [-0.39, 0.29) is 40.5 Å². The van der Waals surface area contributed by atoms with E-state index in [1.165, 1.54) is 6.07 Å². The Morgan fingerprint density at radius 3 is 2.47 bits per heavy atom. The third kappa shape index (κ3) is 5.50. The second-order valence-corrected chi connectivity index (χ2v) is 8.76. The van der Waals surface area contributed by atoms with E-state index < -0.39 is 36.4 Å². The molecule has 0 aromatic carbocycles. The van der Waals surface area contributed by atoms with Gasteiger partial charge in [-0.1, -0.05) is 23.2 Å². The minimum Gasteiger partial charge on any atom is -0.444 e. The molecule has 2 aromatic rings. The topological polar surface area (TPSA) is 71.5 Å². The smallest absolute Gasteiger partial charge is 0.410 e. The first kappa shape index (κ1) is 24.2. The molecule has 1 aliphatic rings. The van der Waals surface area contributed by atoms with E-state index in [9.17, 15) is 22.4 Å². The van der Waals surface area contributed by atoms with Crippen LogP contribution in [0.3, 0.4) is 0 Å². The number of rotatable bonds is 2. The Kier molecular flexibility index (Phi) is 6.71. The molecule has 3 rings (SSSR count). The maximum absolute atomic E-state index is 14.0. The van der Waals surface area contributed by atoms with Crippen LogP contribution < -0.4 is 4.90 Å². The number of ether oxygens (including phenoxy) is 1. The van der Waals surface area contributed by atoms with Gasteiger partial charge in [-0.3, -0.25) is 0 Å². The largest absolute Gasteiger partial charge is 0.444 e. The van der Waals surface area contributed by atoms with Gasteiger partial charge in [0, 0.05) is 30.9 Å². The van der Waals surface area contributed by atoms with Gasteiger partial charge in [0.1, 0.15) is 16.7 Å². The van der Waals surface area contributed by atoms with Crippen LogP contribution in [-0.4, -0.2) is 63.4 Å². The highest BCUT2D eigenvalue weighted by Gasteiger charge is 2.49. The van der Waals surface area contributed by atoms with Crippen molar-refractivity contribution < 1.29 is 27.1 Å². The van der Waals surface area contributed by atoms with E-state index in [1.807, 2.05) is 0 Å². The summed E-state index contributed by atoms with van der Waals surface area (Å²) < 4.78 is 60.6. The van der Waals surface area contributed by atoms with Crippen LogP contribution in [0.1, 0.15) is 20.8 Å². The molecule has 1 aliphatic heterocycles. The Morgan fingerprint density at radius 1 is 1.19 bits per heavy atom. The number of carbonyl (C=O) groups excluding carboxylic acids is 1. The molecule has 0 saturated carbocycles. The molecule has 1 atom stereocenters. The van der Waals surface area contributed by atoms with Gasteiger partial charge in [0.05, 0.1) is 6.54 Å². The predicted octanol–water partition coefficient (Wildman–Crippen LogP) is 4.97. The van der Waals surface area contributed by atoms with Crippen molar-refractivity contribution in [1.82, 2.24) is 19.9 Å². The molecule has 3 heterocycles. The lowest BCUT2D eigenvalue weighted by Gasteiger charge is -2.43. The van der Waals surface area contributed by atoms with Crippen molar-refractivity contribution in [3.8, 4) is 11.4 Å². The standard InChI is InChI=1S/C19H19Cl2F4N5O2/c1-18(2,3)32-17(31)29-6-7-30(11(9-29)19(23,24)25)16-13(20)14(21)27-15(28-16)10-4-5-26-12(22)8-10/h4-5,8,11H,6-7,9H2,1-3H3/t11-/m0/s1. The van der Waals surface area contributed by atoms with E-state index in [4.69, 9.17) is 27.9 Å².